The van der Waals surface area contributed by atoms with Crippen molar-refractivity contribution in [3.05, 3.63) is 16.1 Å². The van der Waals surface area contributed by atoms with E-state index in [0.29, 0.717) is 23.9 Å². The molecular weight excluding hydrogens is 218 g/mol. The van der Waals surface area contributed by atoms with Gasteiger partial charge in [-0.15, -0.1) is 11.3 Å². The monoisotopic (exact) mass is 229 g/mol. The lowest BCUT2D eigenvalue weighted by Crippen LogP contribution is -2.07. The predicted molar refractivity (Wildman–Crippen MR) is 53.0 cm³/mol. The lowest BCUT2D eigenvalue weighted by atomic mass is 10.4. The van der Waals surface area contributed by atoms with E-state index in [9.17, 15) is 4.79 Å². The Morgan fingerprint density at radius 1 is 1.67 bits per heavy atom. The van der Waals surface area contributed by atoms with Gasteiger partial charge < -0.3 is 14.2 Å². The van der Waals surface area contributed by atoms with E-state index in [4.69, 9.17) is 14.2 Å². The van der Waals surface area contributed by atoms with E-state index < -0.39 is 6.29 Å². The summed E-state index contributed by atoms with van der Waals surface area (Å²) in [5.74, 6) is -0.119. The fraction of sp³-hybridized carbons (Fsp3) is 0.556. The second-order valence-electron chi connectivity index (χ2n) is 3.01. The molecule has 5 nitrogen and oxygen atoms in total. The van der Waals surface area contributed by atoms with Crippen LogP contribution in [0.2, 0.25) is 0 Å². The third kappa shape index (κ3) is 2.40. The number of thiazole rings is 1. The molecule has 1 saturated heterocycles. The Balaban J connectivity index is 2.06. The zero-order valence-electron chi connectivity index (χ0n) is 8.26. The molecule has 0 aliphatic carbocycles. The highest BCUT2D eigenvalue weighted by Crippen LogP contribution is 2.24. The number of rotatable bonds is 4. The van der Waals surface area contributed by atoms with Crippen LogP contribution < -0.4 is 0 Å². The van der Waals surface area contributed by atoms with E-state index in [1.54, 1.807) is 5.38 Å². The van der Waals surface area contributed by atoms with Gasteiger partial charge in [-0.25, -0.2) is 4.98 Å². The number of nitrogens with zero attached hydrogens (tertiary/aromatic N) is 1. The standard InChI is InChI=1S/C9H11NO4S/c1-12-4-7(11)8-10-6(5-15-8)9-13-2-3-14-9/h5,9H,2-4H2,1H3. The Hall–Kier alpha value is -0.820. The number of hydrogen-bond acceptors (Lipinski definition) is 6. The highest BCUT2D eigenvalue weighted by Gasteiger charge is 2.22. The number of ketones is 1. The Labute approximate surface area is 91.0 Å². The minimum absolute atomic E-state index is 0.0549. The van der Waals surface area contributed by atoms with Gasteiger partial charge in [0.05, 0.1) is 13.2 Å². The molecule has 0 radical (unpaired) electrons. The van der Waals surface area contributed by atoms with Crippen molar-refractivity contribution in [2.24, 2.45) is 0 Å². The molecule has 1 aliphatic rings. The van der Waals surface area contributed by atoms with E-state index in [0.717, 1.165) is 0 Å². The zero-order valence-corrected chi connectivity index (χ0v) is 9.08. The summed E-state index contributed by atoms with van der Waals surface area (Å²) < 4.78 is 15.3. The fourth-order valence-electron chi connectivity index (χ4n) is 1.24. The maximum atomic E-state index is 11.4. The summed E-state index contributed by atoms with van der Waals surface area (Å²) >= 11 is 1.28. The summed E-state index contributed by atoms with van der Waals surface area (Å²) in [5, 5.41) is 2.21. The van der Waals surface area contributed by atoms with Gasteiger partial charge in [0.1, 0.15) is 12.3 Å². The molecule has 1 fully saturated rings. The van der Waals surface area contributed by atoms with E-state index in [1.807, 2.05) is 0 Å². The van der Waals surface area contributed by atoms with Crippen LogP contribution >= 0.6 is 11.3 Å². The smallest absolute Gasteiger partial charge is 0.216 e. The molecule has 82 valence electrons. The molecule has 2 rings (SSSR count). The largest absolute Gasteiger partial charge is 0.376 e. The fourth-order valence-corrected chi connectivity index (χ4v) is 1.99. The van der Waals surface area contributed by atoms with Crippen molar-refractivity contribution < 1.29 is 19.0 Å². The molecule has 1 aromatic rings. The maximum absolute atomic E-state index is 11.4. The summed E-state index contributed by atoms with van der Waals surface area (Å²) in [5.41, 5.74) is 0.664. The molecule has 0 unspecified atom stereocenters. The number of carbonyl (C=O) groups is 1. The second kappa shape index (κ2) is 4.80. The molecule has 2 heterocycles. The van der Waals surface area contributed by atoms with Crippen molar-refractivity contribution in [1.29, 1.82) is 0 Å². The van der Waals surface area contributed by atoms with E-state index in [2.05, 4.69) is 4.98 Å². The zero-order chi connectivity index (χ0) is 10.7. The van der Waals surface area contributed by atoms with E-state index in [1.165, 1.54) is 18.4 Å². The average molecular weight is 229 g/mol. The van der Waals surface area contributed by atoms with Gasteiger partial charge in [-0.2, -0.15) is 0 Å². The first-order valence-electron chi connectivity index (χ1n) is 4.52. The molecule has 15 heavy (non-hydrogen) atoms. The number of aromatic nitrogens is 1. The summed E-state index contributed by atoms with van der Waals surface area (Å²) in [6, 6.07) is 0. The van der Waals surface area contributed by atoms with E-state index in [-0.39, 0.29) is 12.4 Å². The molecule has 0 aromatic carbocycles. The highest BCUT2D eigenvalue weighted by atomic mass is 32.1. The molecule has 0 amide bonds. The average Bonchev–Trinajstić information content (AvgIpc) is 2.89. The molecule has 6 heteroatoms. The van der Waals surface area contributed by atoms with Crippen LogP contribution in [0.1, 0.15) is 21.8 Å². The van der Waals surface area contributed by atoms with Crippen molar-refractivity contribution in [2.75, 3.05) is 26.9 Å². The van der Waals surface area contributed by atoms with Gasteiger partial charge in [-0.3, -0.25) is 4.79 Å². The second-order valence-corrected chi connectivity index (χ2v) is 3.87. The van der Waals surface area contributed by atoms with Gasteiger partial charge >= 0.3 is 0 Å². The normalized spacial score (nSPS) is 17.1. The molecule has 1 aliphatic heterocycles. The van der Waals surface area contributed by atoms with Gasteiger partial charge in [-0.05, 0) is 0 Å². The lowest BCUT2D eigenvalue weighted by Gasteiger charge is -2.03. The van der Waals surface area contributed by atoms with Gasteiger partial charge in [0.2, 0.25) is 12.1 Å². The molecule has 0 bridgehead atoms. The first kappa shape index (κ1) is 10.7. The van der Waals surface area contributed by atoms with Crippen molar-refractivity contribution in [1.82, 2.24) is 4.98 Å². The SMILES string of the molecule is COCC(=O)c1nc(C2OCCO2)cs1. The van der Waals surface area contributed by atoms with Gasteiger partial charge in [0.15, 0.2) is 5.01 Å². The number of ether oxygens (including phenoxy) is 3. The summed E-state index contributed by atoms with van der Waals surface area (Å²) in [7, 11) is 1.48. The molecule has 0 saturated carbocycles. The van der Waals surface area contributed by atoms with Crippen LogP contribution in [0.25, 0.3) is 0 Å². The van der Waals surface area contributed by atoms with Crippen LogP contribution in [-0.2, 0) is 14.2 Å². The van der Waals surface area contributed by atoms with Crippen LogP contribution in [0, 0.1) is 0 Å². The number of hydrogen-bond donors (Lipinski definition) is 0. The molecule has 0 spiro atoms. The lowest BCUT2D eigenvalue weighted by molar-refractivity contribution is -0.0469. The van der Waals surface area contributed by atoms with Crippen molar-refractivity contribution in [3.8, 4) is 0 Å². The Morgan fingerprint density at radius 2 is 2.40 bits per heavy atom. The van der Waals surface area contributed by atoms with Crippen LogP contribution in [0.3, 0.4) is 0 Å². The topological polar surface area (TPSA) is 57.7 Å². The minimum Gasteiger partial charge on any atom is -0.376 e. The molecular formula is C9H11NO4S. The van der Waals surface area contributed by atoms with Crippen molar-refractivity contribution in [3.63, 3.8) is 0 Å². The van der Waals surface area contributed by atoms with Crippen LogP contribution in [-0.4, -0.2) is 37.7 Å². The van der Waals surface area contributed by atoms with Crippen molar-refractivity contribution in [2.45, 2.75) is 6.29 Å². The minimum atomic E-state index is -0.412. The maximum Gasteiger partial charge on any atom is 0.216 e. The number of Topliss-reactive ketones (excluding diaryl/α,β-unsaturated/α-hetero) is 1. The molecule has 1 aromatic heterocycles. The predicted octanol–water partition coefficient (Wildman–Crippen LogP) is 1.02. The van der Waals surface area contributed by atoms with E-state index >= 15 is 0 Å². The third-order valence-corrected chi connectivity index (χ3v) is 2.80. The molecule has 0 N–H and O–H groups in total. The summed E-state index contributed by atoms with van der Waals surface area (Å²) in [6.45, 7) is 1.20. The first-order chi connectivity index (χ1) is 7.31. The van der Waals surface area contributed by atoms with Gasteiger partial charge in [0.25, 0.3) is 0 Å². The highest BCUT2D eigenvalue weighted by molar-refractivity contribution is 7.11. The Morgan fingerprint density at radius 3 is 3.07 bits per heavy atom. The Bertz CT molecular complexity index is 346. The summed E-state index contributed by atoms with van der Waals surface area (Å²) in [4.78, 5) is 15.6. The van der Waals surface area contributed by atoms with Gasteiger partial charge in [-0.1, -0.05) is 0 Å². The quantitative estimate of drug-likeness (QED) is 0.721. The van der Waals surface area contributed by atoms with Crippen LogP contribution in [0.15, 0.2) is 5.38 Å². The first-order valence-corrected chi connectivity index (χ1v) is 5.40. The van der Waals surface area contributed by atoms with Crippen molar-refractivity contribution >= 4 is 17.1 Å². The number of methoxy groups -OCH3 is 1. The Kier molecular flexibility index (Phi) is 3.42. The van der Waals surface area contributed by atoms with Crippen LogP contribution in [0.5, 0.6) is 0 Å². The number of carbonyl (C=O) groups excluding carboxylic acids is 1. The van der Waals surface area contributed by atoms with Crippen LogP contribution in [0.4, 0.5) is 0 Å². The van der Waals surface area contributed by atoms with Gasteiger partial charge in [0, 0.05) is 12.5 Å². The third-order valence-electron chi connectivity index (χ3n) is 1.90. The molecule has 0 atom stereocenters. The summed E-state index contributed by atoms with van der Waals surface area (Å²) in [6.07, 6.45) is -0.412.